The van der Waals surface area contributed by atoms with Crippen molar-refractivity contribution in [1.29, 1.82) is 0 Å². The van der Waals surface area contributed by atoms with Crippen molar-refractivity contribution in [3.63, 3.8) is 0 Å². The maximum absolute atomic E-state index is 11.8. The highest BCUT2D eigenvalue weighted by Gasteiger charge is 2.27. The second kappa shape index (κ2) is 6.58. The Hall–Kier alpha value is -2.08. The SMILES string of the molecule is Cc1ccc(NC(=O)CCCN2C(=O)CNC2=O)cc1Cl. The molecule has 0 spiro atoms. The van der Waals surface area contributed by atoms with Crippen LogP contribution in [0.25, 0.3) is 0 Å². The number of nitrogens with one attached hydrogen (secondary N) is 2. The van der Waals surface area contributed by atoms with E-state index in [1.807, 2.05) is 13.0 Å². The van der Waals surface area contributed by atoms with Crippen LogP contribution in [0.4, 0.5) is 10.5 Å². The molecule has 0 bridgehead atoms. The van der Waals surface area contributed by atoms with E-state index in [-0.39, 0.29) is 31.3 Å². The number of hydrogen-bond acceptors (Lipinski definition) is 3. The summed E-state index contributed by atoms with van der Waals surface area (Å²) in [6, 6.07) is 4.89. The molecular formula is C14H16ClN3O3. The van der Waals surface area contributed by atoms with E-state index in [0.29, 0.717) is 17.1 Å². The summed E-state index contributed by atoms with van der Waals surface area (Å²) in [7, 11) is 0. The number of rotatable bonds is 5. The molecule has 1 heterocycles. The number of carbonyl (C=O) groups excluding carboxylic acids is 3. The van der Waals surface area contributed by atoms with Crippen LogP contribution in [0.3, 0.4) is 0 Å². The van der Waals surface area contributed by atoms with Gasteiger partial charge in [-0.1, -0.05) is 17.7 Å². The van der Waals surface area contributed by atoms with Gasteiger partial charge in [0.2, 0.25) is 11.8 Å². The Morgan fingerprint density at radius 1 is 1.43 bits per heavy atom. The Morgan fingerprint density at radius 2 is 2.19 bits per heavy atom. The molecule has 1 aliphatic heterocycles. The van der Waals surface area contributed by atoms with Gasteiger partial charge in [-0.25, -0.2) is 4.79 Å². The van der Waals surface area contributed by atoms with Gasteiger partial charge >= 0.3 is 6.03 Å². The van der Waals surface area contributed by atoms with Crippen LogP contribution in [0, 0.1) is 6.92 Å². The largest absolute Gasteiger partial charge is 0.329 e. The third kappa shape index (κ3) is 3.95. The molecule has 2 rings (SSSR count). The third-order valence-corrected chi connectivity index (χ3v) is 3.59. The Morgan fingerprint density at radius 3 is 2.81 bits per heavy atom. The molecule has 0 radical (unpaired) electrons. The minimum Gasteiger partial charge on any atom is -0.329 e. The fourth-order valence-electron chi connectivity index (χ4n) is 1.97. The zero-order chi connectivity index (χ0) is 15.4. The summed E-state index contributed by atoms with van der Waals surface area (Å²) in [5.74, 6) is -0.437. The van der Waals surface area contributed by atoms with Gasteiger partial charge < -0.3 is 10.6 Å². The summed E-state index contributed by atoms with van der Waals surface area (Å²) in [5.41, 5.74) is 1.57. The summed E-state index contributed by atoms with van der Waals surface area (Å²) < 4.78 is 0. The van der Waals surface area contributed by atoms with Crippen molar-refractivity contribution in [3.8, 4) is 0 Å². The molecule has 0 saturated carbocycles. The van der Waals surface area contributed by atoms with Crippen LogP contribution in [-0.4, -0.2) is 35.8 Å². The van der Waals surface area contributed by atoms with Crippen molar-refractivity contribution in [2.24, 2.45) is 0 Å². The summed E-state index contributed by atoms with van der Waals surface area (Å²) in [5, 5.41) is 5.75. The lowest BCUT2D eigenvalue weighted by Gasteiger charge is -2.12. The molecule has 112 valence electrons. The molecule has 6 nitrogen and oxygen atoms in total. The Bertz CT molecular complexity index is 573. The van der Waals surface area contributed by atoms with E-state index in [4.69, 9.17) is 11.6 Å². The van der Waals surface area contributed by atoms with Crippen LogP contribution < -0.4 is 10.6 Å². The minimum absolute atomic E-state index is 0.0346. The van der Waals surface area contributed by atoms with E-state index in [9.17, 15) is 14.4 Å². The second-order valence-corrected chi connectivity index (χ2v) is 5.23. The first-order valence-electron chi connectivity index (χ1n) is 6.61. The number of benzene rings is 1. The maximum Gasteiger partial charge on any atom is 0.324 e. The van der Waals surface area contributed by atoms with Crippen molar-refractivity contribution in [2.45, 2.75) is 19.8 Å². The van der Waals surface area contributed by atoms with E-state index in [0.717, 1.165) is 10.5 Å². The fraction of sp³-hybridized carbons (Fsp3) is 0.357. The number of carbonyl (C=O) groups is 3. The summed E-state index contributed by atoms with van der Waals surface area (Å²) >= 11 is 5.98. The third-order valence-electron chi connectivity index (χ3n) is 3.18. The Kier molecular flexibility index (Phi) is 4.80. The monoisotopic (exact) mass is 309 g/mol. The first-order chi connectivity index (χ1) is 9.97. The molecule has 0 aliphatic carbocycles. The lowest BCUT2D eigenvalue weighted by Crippen LogP contribution is -2.32. The molecule has 2 N–H and O–H groups in total. The van der Waals surface area contributed by atoms with Crippen molar-refractivity contribution in [2.75, 3.05) is 18.4 Å². The average Bonchev–Trinajstić information content (AvgIpc) is 2.74. The Balaban J connectivity index is 1.78. The number of aryl methyl sites for hydroxylation is 1. The van der Waals surface area contributed by atoms with Crippen LogP contribution in [0.2, 0.25) is 5.02 Å². The molecule has 21 heavy (non-hydrogen) atoms. The highest BCUT2D eigenvalue weighted by atomic mass is 35.5. The van der Waals surface area contributed by atoms with Crippen molar-refractivity contribution in [1.82, 2.24) is 10.2 Å². The quantitative estimate of drug-likeness (QED) is 0.816. The molecule has 1 aromatic carbocycles. The molecule has 1 aliphatic rings. The number of amides is 4. The standard InChI is InChI=1S/C14H16ClN3O3/c1-9-4-5-10(7-11(9)15)17-12(19)3-2-6-18-13(20)8-16-14(18)21/h4-5,7H,2-3,6,8H2,1H3,(H,16,21)(H,17,19). The lowest BCUT2D eigenvalue weighted by atomic mass is 10.2. The minimum atomic E-state index is -0.397. The van der Waals surface area contributed by atoms with Gasteiger partial charge in [-0.3, -0.25) is 14.5 Å². The molecule has 0 aromatic heterocycles. The molecule has 4 amide bonds. The highest BCUT2D eigenvalue weighted by molar-refractivity contribution is 6.31. The molecule has 0 atom stereocenters. The lowest BCUT2D eigenvalue weighted by molar-refractivity contribution is -0.125. The molecule has 0 unspecified atom stereocenters. The van der Waals surface area contributed by atoms with Gasteiger partial charge in [-0.2, -0.15) is 0 Å². The number of urea groups is 1. The smallest absolute Gasteiger partial charge is 0.324 e. The van der Waals surface area contributed by atoms with Crippen molar-refractivity contribution < 1.29 is 14.4 Å². The maximum atomic E-state index is 11.8. The number of nitrogens with zero attached hydrogens (tertiary/aromatic N) is 1. The van der Waals surface area contributed by atoms with Crippen molar-refractivity contribution >= 4 is 35.1 Å². The zero-order valence-corrected chi connectivity index (χ0v) is 12.4. The molecular weight excluding hydrogens is 294 g/mol. The summed E-state index contributed by atoms with van der Waals surface area (Å²) in [4.78, 5) is 35.6. The topological polar surface area (TPSA) is 78.5 Å². The molecule has 7 heteroatoms. The number of halogens is 1. The first kappa shape index (κ1) is 15.3. The molecule has 1 aromatic rings. The van der Waals surface area contributed by atoms with Crippen LogP contribution in [0.15, 0.2) is 18.2 Å². The van der Waals surface area contributed by atoms with Crippen LogP contribution in [0.1, 0.15) is 18.4 Å². The van der Waals surface area contributed by atoms with E-state index in [1.54, 1.807) is 12.1 Å². The van der Waals surface area contributed by atoms with Gasteiger partial charge in [0, 0.05) is 23.7 Å². The van der Waals surface area contributed by atoms with Gasteiger partial charge in [-0.05, 0) is 31.0 Å². The van der Waals surface area contributed by atoms with Crippen LogP contribution >= 0.6 is 11.6 Å². The number of anilines is 1. The fourth-order valence-corrected chi connectivity index (χ4v) is 2.15. The molecule has 1 saturated heterocycles. The van der Waals surface area contributed by atoms with Crippen LogP contribution in [-0.2, 0) is 9.59 Å². The Labute approximate surface area is 127 Å². The van der Waals surface area contributed by atoms with E-state index in [1.165, 1.54) is 0 Å². The van der Waals surface area contributed by atoms with Crippen LogP contribution in [0.5, 0.6) is 0 Å². The van der Waals surface area contributed by atoms with E-state index < -0.39 is 6.03 Å². The van der Waals surface area contributed by atoms with Crippen molar-refractivity contribution in [3.05, 3.63) is 28.8 Å². The van der Waals surface area contributed by atoms with E-state index in [2.05, 4.69) is 10.6 Å². The highest BCUT2D eigenvalue weighted by Crippen LogP contribution is 2.20. The van der Waals surface area contributed by atoms with Gasteiger partial charge in [0.25, 0.3) is 0 Å². The first-order valence-corrected chi connectivity index (χ1v) is 6.99. The number of imide groups is 1. The zero-order valence-electron chi connectivity index (χ0n) is 11.6. The van der Waals surface area contributed by atoms with Gasteiger partial charge in [0.05, 0.1) is 6.54 Å². The second-order valence-electron chi connectivity index (χ2n) is 4.82. The average molecular weight is 310 g/mol. The predicted octanol–water partition coefficient (Wildman–Crippen LogP) is 1.92. The number of hydrogen-bond donors (Lipinski definition) is 2. The van der Waals surface area contributed by atoms with Gasteiger partial charge in [0.1, 0.15) is 0 Å². The van der Waals surface area contributed by atoms with Gasteiger partial charge in [0.15, 0.2) is 0 Å². The normalized spacial score (nSPS) is 14.3. The van der Waals surface area contributed by atoms with E-state index >= 15 is 0 Å². The van der Waals surface area contributed by atoms with Gasteiger partial charge in [-0.15, -0.1) is 0 Å². The predicted molar refractivity (Wildman–Crippen MR) is 79.2 cm³/mol. The summed E-state index contributed by atoms with van der Waals surface area (Å²) in [6.45, 7) is 2.16. The molecule has 1 fully saturated rings. The summed E-state index contributed by atoms with van der Waals surface area (Å²) in [6.07, 6.45) is 0.646.